The minimum absolute atomic E-state index is 0.134. The van der Waals surface area contributed by atoms with E-state index < -0.39 is 41.8 Å². The number of rotatable bonds is 4. The fraction of sp³-hybridized carbons (Fsp3) is 0.526. The lowest BCUT2D eigenvalue weighted by atomic mass is 10.0. The molecule has 0 aliphatic carbocycles. The molecule has 5 atom stereocenters. The normalized spacial score (nSPS) is 28.2. The van der Waals surface area contributed by atoms with Gasteiger partial charge in [-0.2, -0.15) is 0 Å². The lowest BCUT2D eigenvalue weighted by molar-refractivity contribution is -0.231. The molecule has 0 bridgehead atoms. The van der Waals surface area contributed by atoms with Gasteiger partial charge >= 0.3 is 17.9 Å². The smallest absolute Gasteiger partial charge is 0.309 e. The molecule has 2 aliphatic rings. The zero-order valence-corrected chi connectivity index (χ0v) is 16.8. The van der Waals surface area contributed by atoms with E-state index in [-0.39, 0.29) is 12.4 Å². The van der Waals surface area contributed by atoms with Gasteiger partial charge in [-0.1, -0.05) is 6.07 Å². The van der Waals surface area contributed by atoms with Gasteiger partial charge in [0.25, 0.3) is 0 Å². The molecule has 0 aromatic heterocycles. The summed E-state index contributed by atoms with van der Waals surface area (Å²) in [6.07, 6.45) is -2.54. The molecule has 152 valence electrons. The lowest BCUT2D eigenvalue weighted by Gasteiger charge is -2.45. The van der Waals surface area contributed by atoms with E-state index >= 15 is 0 Å². The van der Waals surface area contributed by atoms with Gasteiger partial charge in [-0.25, -0.2) is 0 Å². The summed E-state index contributed by atoms with van der Waals surface area (Å²) in [5.41, 5.74) is 0.769. The number of esters is 3. The van der Waals surface area contributed by atoms with Gasteiger partial charge in [0.2, 0.25) is 6.29 Å². The highest BCUT2D eigenvalue weighted by Gasteiger charge is 2.51. The number of fused-ring (bicyclic) bond motifs is 2. The Morgan fingerprint density at radius 2 is 1.79 bits per heavy atom. The van der Waals surface area contributed by atoms with Gasteiger partial charge in [-0.05, 0) is 24.6 Å². The van der Waals surface area contributed by atoms with E-state index in [2.05, 4.69) is 0 Å². The second kappa shape index (κ2) is 8.40. The highest BCUT2D eigenvalue weighted by molar-refractivity contribution is 8.00. The van der Waals surface area contributed by atoms with Crippen molar-refractivity contribution in [1.82, 2.24) is 0 Å². The summed E-state index contributed by atoms with van der Waals surface area (Å²) in [6, 6.07) is 5.38. The van der Waals surface area contributed by atoms with Gasteiger partial charge in [0.15, 0.2) is 12.2 Å². The van der Waals surface area contributed by atoms with Crippen molar-refractivity contribution in [2.45, 2.75) is 61.9 Å². The van der Waals surface area contributed by atoms with E-state index in [1.165, 1.54) is 32.7 Å². The van der Waals surface area contributed by atoms with Gasteiger partial charge < -0.3 is 23.7 Å². The van der Waals surface area contributed by atoms with Crippen LogP contribution < -0.4 is 4.74 Å². The molecule has 0 N–H and O–H groups in total. The Bertz CT molecular complexity index is 779. The van der Waals surface area contributed by atoms with Crippen molar-refractivity contribution in [1.29, 1.82) is 0 Å². The van der Waals surface area contributed by atoms with Gasteiger partial charge in [0.05, 0.1) is 24.5 Å². The number of thioether (sulfide) groups is 1. The zero-order chi connectivity index (χ0) is 20.4. The molecule has 0 spiro atoms. The second-order valence-corrected chi connectivity index (χ2v) is 7.81. The molecule has 0 radical (unpaired) electrons. The molecule has 0 unspecified atom stereocenters. The monoisotopic (exact) mass is 410 g/mol. The summed E-state index contributed by atoms with van der Waals surface area (Å²) in [4.78, 5) is 35.5. The Labute approximate surface area is 166 Å². The number of methoxy groups -OCH3 is 1. The van der Waals surface area contributed by atoms with E-state index in [0.717, 1.165) is 10.5 Å². The Hall–Kier alpha value is -2.26. The largest absolute Gasteiger partial charge is 0.469 e. The van der Waals surface area contributed by atoms with Crippen LogP contribution in [0.1, 0.15) is 26.3 Å². The van der Waals surface area contributed by atoms with Crippen LogP contribution in [0.5, 0.6) is 5.75 Å². The molecule has 1 saturated heterocycles. The summed E-state index contributed by atoms with van der Waals surface area (Å²) in [5, 5.41) is -0.440. The van der Waals surface area contributed by atoms with Crippen LogP contribution in [-0.2, 0) is 39.8 Å². The first kappa shape index (κ1) is 20.5. The first-order valence-corrected chi connectivity index (χ1v) is 9.69. The molecule has 28 heavy (non-hydrogen) atoms. The van der Waals surface area contributed by atoms with Crippen LogP contribution in [-0.4, -0.2) is 54.9 Å². The summed E-state index contributed by atoms with van der Waals surface area (Å²) in [7, 11) is 1.34. The van der Waals surface area contributed by atoms with Crippen molar-refractivity contribution in [2.75, 3.05) is 7.11 Å². The highest BCUT2D eigenvalue weighted by Crippen LogP contribution is 2.46. The Balaban J connectivity index is 1.89. The van der Waals surface area contributed by atoms with Crippen molar-refractivity contribution >= 4 is 29.7 Å². The number of carbonyl (C=O) groups is 3. The number of benzene rings is 1. The van der Waals surface area contributed by atoms with Crippen LogP contribution in [0.4, 0.5) is 0 Å². The molecule has 9 heteroatoms. The van der Waals surface area contributed by atoms with Crippen molar-refractivity contribution in [3.8, 4) is 5.75 Å². The molecule has 0 saturated carbocycles. The van der Waals surface area contributed by atoms with Gasteiger partial charge in [-0.15, -0.1) is 11.8 Å². The SMILES string of the molecule is COC(=O)Cc1ccc2c(c1)S[C@@H]1[C@H](O2)O[C@@H](C)[C@@H](OC(C)=O)[C@H]1OC(C)=O. The standard InChI is InChI=1S/C19H22O8S/c1-9-16(25-10(2)20)17(26-11(3)21)18-19(24-9)27-13-6-5-12(7-14(13)28-18)8-15(22)23-4/h5-7,9,16-19H,8H2,1-4H3/t9-,16+,17+,18-,19-/m0/s1. The maximum absolute atomic E-state index is 11.7. The molecule has 1 aromatic rings. The maximum atomic E-state index is 11.7. The van der Waals surface area contributed by atoms with Crippen LogP contribution in [0.15, 0.2) is 23.1 Å². The average molecular weight is 410 g/mol. The minimum Gasteiger partial charge on any atom is -0.469 e. The Morgan fingerprint density at radius 1 is 1.11 bits per heavy atom. The van der Waals surface area contributed by atoms with Gasteiger partial charge in [0, 0.05) is 13.8 Å². The Morgan fingerprint density at radius 3 is 2.43 bits per heavy atom. The fourth-order valence-corrected chi connectivity index (χ4v) is 4.56. The first-order valence-electron chi connectivity index (χ1n) is 8.81. The van der Waals surface area contributed by atoms with Crippen molar-refractivity contribution in [3.63, 3.8) is 0 Å². The summed E-state index contributed by atoms with van der Waals surface area (Å²) in [6.45, 7) is 4.34. The third kappa shape index (κ3) is 4.41. The predicted molar refractivity (Wildman–Crippen MR) is 97.9 cm³/mol. The van der Waals surface area contributed by atoms with Crippen LogP contribution >= 0.6 is 11.8 Å². The highest BCUT2D eigenvalue weighted by atomic mass is 32.2. The number of hydrogen-bond acceptors (Lipinski definition) is 9. The van der Waals surface area contributed by atoms with Crippen molar-refractivity contribution in [2.24, 2.45) is 0 Å². The topological polar surface area (TPSA) is 97.4 Å². The van der Waals surface area contributed by atoms with E-state index in [4.69, 9.17) is 23.7 Å². The average Bonchev–Trinajstić information content (AvgIpc) is 2.62. The molecule has 3 rings (SSSR count). The molecular formula is C19H22O8S. The first-order chi connectivity index (χ1) is 13.3. The van der Waals surface area contributed by atoms with E-state index in [1.54, 1.807) is 19.1 Å². The van der Waals surface area contributed by atoms with Gasteiger partial charge in [-0.3, -0.25) is 14.4 Å². The van der Waals surface area contributed by atoms with Crippen LogP contribution in [0, 0.1) is 0 Å². The van der Waals surface area contributed by atoms with Crippen LogP contribution in [0.25, 0.3) is 0 Å². The molecule has 2 aliphatic heterocycles. The predicted octanol–water partition coefficient (Wildman–Crippen LogP) is 1.86. The second-order valence-electron chi connectivity index (χ2n) is 6.59. The van der Waals surface area contributed by atoms with Crippen LogP contribution in [0.2, 0.25) is 0 Å². The number of carbonyl (C=O) groups excluding carboxylic acids is 3. The molecule has 2 heterocycles. The van der Waals surface area contributed by atoms with Crippen LogP contribution in [0.3, 0.4) is 0 Å². The molecule has 1 fully saturated rings. The molecular weight excluding hydrogens is 388 g/mol. The summed E-state index contributed by atoms with van der Waals surface area (Å²) in [5.74, 6) is -0.707. The lowest BCUT2D eigenvalue weighted by Crippen LogP contribution is -2.60. The third-order valence-corrected chi connectivity index (χ3v) is 5.76. The quantitative estimate of drug-likeness (QED) is 0.544. The molecule has 1 aromatic carbocycles. The van der Waals surface area contributed by atoms with Crippen molar-refractivity contribution < 1.29 is 38.1 Å². The third-order valence-electron chi connectivity index (χ3n) is 4.42. The molecule has 8 nitrogen and oxygen atoms in total. The maximum Gasteiger partial charge on any atom is 0.309 e. The summed E-state index contributed by atoms with van der Waals surface area (Å²) < 4.78 is 27.4. The number of hydrogen-bond donors (Lipinski definition) is 0. The minimum atomic E-state index is -0.751. The van der Waals surface area contributed by atoms with E-state index in [0.29, 0.717) is 5.75 Å². The van der Waals surface area contributed by atoms with E-state index in [9.17, 15) is 14.4 Å². The summed E-state index contributed by atoms with van der Waals surface area (Å²) >= 11 is 1.40. The Kier molecular flexibility index (Phi) is 6.14. The van der Waals surface area contributed by atoms with Crippen molar-refractivity contribution in [3.05, 3.63) is 23.8 Å². The zero-order valence-electron chi connectivity index (χ0n) is 16.0. The fourth-order valence-electron chi connectivity index (χ4n) is 3.24. The van der Waals surface area contributed by atoms with E-state index in [1.807, 2.05) is 6.07 Å². The van der Waals surface area contributed by atoms with Gasteiger partial charge in [0.1, 0.15) is 11.0 Å². The number of ether oxygens (including phenoxy) is 5. The molecule has 0 amide bonds.